The number of hydrogen-bond acceptors (Lipinski definition) is 5. The van der Waals surface area contributed by atoms with Gasteiger partial charge >= 0.3 is 5.97 Å². The van der Waals surface area contributed by atoms with Crippen molar-refractivity contribution in [1.82, 2.24) is 15.0 Å². The van der Waals surface area contributed by atoms with Gasteiger partial charge in [-0.25, -0.2) is 4.79 Å². The Balaban J connectivity index is 1.94. The lowest BCUT2D eigenvalue weighted by atomic mass is 10.3. The van der Waals surface area contributed by atoms with Gasteiger partial charge in [0.15, 0.2) is 11.5 Å². The first-order valence-electron chi connectivity index (χ1n) is 5.42. The first kappa shape index (κ1) is 12.3. The molecule has 6 nitrogen and oxygen atoms in total. The maximum Gasteiger partial charge on any atom is 0.358 e. The highest BCUT2D eigenvalue weighted by Crippen LogP contribution is 2.08. The second-order valence-corrected chi connectivity index (χ2v) is 3.98. The molecule has 94 valence electrons. The van der Waals surface area contributed by atoms with Gasteiger partial charge in [0.2, 0.25) is 0 Å². The molecule has 2 heterocycles. The van der Waals surface area contributed by atoms with Gasteiger partial charge in [-0.2, -0.15) is 0 Å². The predicted octanol–water partition coefficient (Wildman–Crippen LogP) is 1.40. The molecule has 0 saturated carbocycles. The molecule has 0 aliphatic heterocycles. The third kappa shape index (κ3) is 3.14. The van der Waals surface area contributed by atoms with Gasteiger partial charge in [0.25, 0.3) is 0 Å². The van der Waals surface area contributed by atoms with Crippen LogP contribution in [0.3, 0.4) is 0 Å². The summed E-state index contributed by atoms with van der Waals surface area (Å²) >= 11 is 0. The number of pyridine rings is 1. The Morgan fingerprint density at radius 1 is 1.44 bits per heavy atom. The molecule has 0 bridgehead atoms. The van der Waals surface area contributed by atoms with Crippen molar-refractivity contribution in [2.24, 2.45) is 0 Å². The van der Waals surface area contributed by atoms with Crippen molar-refractivity contribution in [1.29, 1.82) is 0 Å². The summed E-state index contributed by atoms with van der Waals surface area (Å²) < 4.78 is 4.94. The highest BCUT2D eigenvalue weighted by molar-refractivity contribution is 5.85. The van der Waals surface area contributed by atoms with Crippen molar-refractivity contribution < 1.29 is 14.4 Å². The minimum Gasteiger partial charge on any atom is -0.476 e. The molecule has 0 radical (unpaired) electrons. The summed E-state index contributed by atoms with van der Waals surface area (Å²) in [6, 6.07) is 7.14. The van der Waals surface area contributed by atoms with Crippen LogP contribution in [-0.2, 0) is 13.1 Å². The van der Waals surface area contributed by atoms with Crippen LogP contribution < -0.4 is 0 Å². The Labute approximate surface area is 104 Å². The molecule has 2 rings (SSSR count). The van der Waals surface area contributed by atoms with Crippen LogP contribution in [0.5, 0.6) is 0 Å². The lowest BCUT2D eigenvalue weighted by molar-refractivity contribution is 0.0685. The average Bonchev–Trinajstić information content (AvgIpc) is 2.78. The van der Waals surface area contributed by atoms with E-state index < -0.39 is 5.97 Å². The molecular formula is C12H13N3O3. The minimum absolute atomic E-state index is 0.0729. The van der Waals surface area contributed by atoms with E-state index in [0.717, 1.165) is 5.69 Å². The SMILES string of the molecule is CN(Cc1ccccn1)Cc1cc(C(=O)O)no1. The number of aromatic carboxylic acids is 1. The van der Waals surface area contributed by atoms with E-state index in [2.05, 4.69) is 10.1 Å². The largest absolute Gasteiger partial charge is 0.476 e. The monoisotopic (exact) mass is 247 g/mol. The van der Waals surface area contributed by atoms with Crippen molar-refractivity contribution in [3.8, 4) is 0 Å². The van der Waals surface area contributed by atoms with E-state index >= 15 is 0 Å². The summed E-state index contributed by atoms with van der Waals surface area (Å²) in [5.74, 6) is -0.566. The van der Waals surface area contributed by atoms with Crippen LogP contribution >= 0.6 is 0 Å². The maximum atomic E-state index is 10.6. The van der Waals surface area contributed by atoms with Gasteiger partial charge in [0.1, 0.15) is 0 Å². The Bertz CT molecular complexity index is 524. The fourth-order valence-electron chi connectivity index (χ4n) is 1.58. The number of carboxylic acid groups (broad SMARTS) is 1. The summed E-state index contributed by atoms with van der Waals surface area (Å²) in [5, 5.41) is 12.2. The molecule has 6 heteroatoms. The van der Waals surface area contributed by atoms with Crippen molar-refractivity contribution in [3.63, 3.8) is 0 Å². The molecule has 0 unspecified atom stereocenters. The molecule has 2 aromatic rings. The molecule has 1 N–H and O–H groups in total. The van der Waals surface area contributed by atoms with Crippen LogP contribution in [0.15, 0.2) is 35.0 Å². The molecule has 0 atom stereocenters. The number of carboxylic acids is 1. The van der Waals surface area contributed by atoms with Crippen LogP contribution in [0.25, 0.3) is 0 Å². The lowest BCUT2D eigenvalue weighted by Gasteiger charge is -2.13. The van der Waals surface area contributed by atoms with Crippen LogP contribution in [0.1, 0.15) is 21.9 Å². The van der Waals surface area contributed by atoms with Crippen LogP contribution in [0.2, 0.25) is 0 Å². The number of aromatic nitrogens is 2. The second kappa shape index (κ2) is 5.42. The van der Waals surface area contributed by atoms with Gasteiger partial charge < -0.3 is 9.63 Å². The van der Waals surface area contributed by atoms with E-state index in [1.807, 2.05) is 30.1 Å². The Kier molecular flexibility index (Phi) is 3.69. The molecule has 2 aromatic heterocycles. The van der Waals surface area contributed by atoms with Gasteiger partial charge in [0.05, 0.1) is 12.2 Å². The highest BCUT2D eigenvalue weighted by Gasteiger charge is 2.12. The quantitative estimate of drug-likeness (QED) is 0.860. The molecule has 0 aliphatic carbocycles. The third-order valence-electron chi connectivity index (χ3n) is 2.36. The van der Waals surface area contributed by atoms with E-state index in [4.69, 9.17) is 9.63 Å². The Morgan fingerprint density at radius 2 is 2.28 bits per heavy atom. The summed E-state index contributed by atoms with van der Waals surface area (Å²) in [7, 11) is 1.90. The molecule has 0 aliphatic rings. The van der Waals surface area contributed by atoms with Crippen molar-refractivity contribution in [2.75, 3.05) is 7.05 Å². The molecule has 0 aromatic carbocycles. The fourth-order valence-corrected chi connectivity index (χ4v) is 1.58. The van der Waals surface area contributed by atoms with Gasteiger partial charge in [-0.3, -0.25) is 9.88 Å². The van der Waals surface area contributed by atoms with Crippen LogP contribution in [0.4, 0.5) is 0 Å². The minimum atomic E-state index is -1.09. The molecule has 0 saturated heterocycles. The van der Waals surface area contributed by atoms with Crippen molar-refractivity contribution >= 4 is 5.97 Å². The summed E-state index contributed by atoms with van der Waals surface area (Å²) in [5.41, 5.74) is 0.870. The fraction of sp³-hybridized carbons (Fsp3) is 0.250. The standard InChI is InChI=1S/C12H13N3O3/c1-15(7-9-4-2-3-5-13-9)8-10-6-11(12(16)17)14-18-10/h2-6H,7-8H2,1H3,(H,16,17). The molecule has 18 heavy (non-hydrogen) atoms. The third-order valence-corrected chi connectivity index (χ3v) is 2.36. The summed E-state index contributed by atoms with van der Waals surface area (Å²) in [6.45, 7) is 1.14. The molecular weight excluding hydrogens is 234 g/mol. The smallest absolute Gasteiger partial charge is 0.358 e. The lowest BCUT2D eigenvalue weighted by Crippen LogP contribution is -2.17. The zero-order chi connectivity index (χ0) is 13.0. The average molecular weight is 247 g/mol. The molecule has 0 fully saturated rings. The van der Waals surface area contributed by atoms with Gasteiger partial charge in [0, 0.05) is 18.8 Å². The van der Waals surface area contributed by atoms with Gasteiger partial charge in [-0.15, -0.1) is 0 Å². The van der Waals surface area contributed by atoms with Gasteiger partial charge in [-0.1, -0.05) is 11.2 Å². The Hall–Kier alpha value is -2.21. The zero-order valence-electron chi connectivity index (χ0n) is 9.91. The highest BCUT2D eigenvalue weighted by atomic mass is 16.5. The first-order chi connectivity index (χ1) is 8.65. The maximum absolute atomic E-state index is 10.6. The normalized spacial score (nSPS) is 10.8. The van der Waals surface area contributed by atoms with E-state index in [1.54, 1.807) is 6.20 Å². The van der Waals surface area contributed by atoms with Gasteiger partial charge in [-0.05, 0) is 19.2 Å². The van der Waals surface area contributed by atoms with Crippen LogP contribution in [-0.4, -0.2) is 33.2 Å². The van der Waals surface area contributed by atoms with E-state index in [1.165, 1.54) is 6.07 Å². The number of hydrogen-bond donors (Lipinski definition) is 1. The first-order valence-corrected chi connectivity index (χ1v) is 5.42. The van der Waals surface area contributed by atoms with Crippen molar-refractivity contribution in [3.05, 3.63) is 47.6 Å². The van der Waals surface area contributed by atoms with E-state index in [0.29, 0.717) is 18.8 Å². The number of nitrogens with zero attached hydrogens (tertiary/aromatic N) is 3. The number of carbonyl (C=O) groups is 1. The van der Waals surface area contributed by atoms with Crippen LogP contribution in [0, 0.1) is 0 Å². The van der Waals surface area contributed by atoms with E-state index in [-0.39, 0.29) is 5.69 Å². The van der Waals surface area contributed by atoms with E-state index in [9.17, 15) is 4.79 Å². The summed E-state index contributed by atoms with van der Waals surface area (Å²) in [4.78, 5) is 16.8. The molecule has 0 spiro atoms. The number of rotatable bonds is 5. The van der Waals surface area contributed by atoms with Crippen molar-refractivity contribution in [2.45, 2.75) is 13.1 Å². The zero-order valence-corrected chi connectivity index (χ0v) is 9.91. The molecule has 0 amide bonds. The summed E-state index contributed by atoms with van der Waals surface area (Å²) in [6.07, 6.45) is 1.74. The predicted molar refractivity (Wildman–Crippen MR) is 62.9 cm³/mol. The Morgan fingerprint density at radius 3 is 2.89 bits per heavy atom. The second-order valence-electron chi connectivity index (χ2n) is 3.98. The topological polar surface area (TPSA) is 79.5 Å².